The molecule has 1 unspecified atom stereocenters. The molecule has 0 spiro atoms. The Bertz CT molecular complexity index is 1310. The average Bonchev–Trinajstić information content (AvgIpc) is 3.24. The van der Waals surface area contributed by atoms with E-state index in [9.17, 15) is 14.0 Å². The molecule has 0 saturated carbocycles. The zero-order valence-electron chi connectivity index (χ0n) is 22.9. The van der Waals surface area contributed by atoms with E-state index in [4.69, 9.17) is 19.2 Å². The lowest BCUT2D eigenvalue weighted by atomic mass is 10.1. The smallest absolute Gasteiger partial charge is 0.424 e. The highest BCUT2D eigenvalue weighted by atomic mass is 19.1. The number of fused-ring (bicyclic) bond motifs is 1. The van der Waals surface area contributed by atoms with Gasteiger partial charge in [0, 0.05) is 35.3 Å². The van der Waals surface area contributed by atoms with E-state index in [0.717, 1.165) is 10.3 Å². The third kappa shape index (κ3) is 6.24. The lowest BCUT2D eigenvalue weighted by molar-refractivity contribution is 0.0430. The molecule has 1 fully saturated rings. The minimum absolute atomic E-state index is 0.0179. The Labute approximate surface area is 221 Å². The number of hydrogen-bond acceptors (Lipinski definition) is 7. The monoisotopic (exact) mass is 526 g/mol. The maximum atomic E-state index is 14.6. The number of pyridine rings is 1. The lowest BCUT2D eigenvalue weighted by Crippen LogP contribution is -2.45. The molecule has 2 aromatic heterocycles. The van der Waals surface area contributed by atoms with Crippen molar-refractivity contribution < 1.29 is 28.2 Å². The van der Waals surface area contributed by atoms with Crippen molar-refractivity contribution in [3.8, 4) is 11.3 Å². The van der Waals surface area contributed by atoms with Crippen LogP contribution < -0.4 is 9.80 Å². The Hall–Kier alpha value is -3.66. The van der Waals surface area contributed by atoms with E-state index in [-0.39, 0.29) is 11.7 Å². The second-order valence-electron chi connectivity index (χ2n) is 11.4. The van der Waals surface area contributed by atoms with Crippen LogP contribution in [0.1, 0.15) is 48.5 Å². The largest absolute Gasteiger partial charge is 0.443 e. The van der Waals surface area contributed by atoms with Crippen LogP contribution in [-0.2, 0) is 14.2 Å². The molecule has 4 rings (SSSR count). The van der Waals surface area contributed by atoms with Crippen LogP contribution in [0.3, 0.4) is 0 Å². The van der Waals surface area contributed by atoms with Crippen molar-refractivity contribution in [2.24, 2.45) is 0 Å². The number of halogens is 1. The molecule has 1 aliphatic rings. The van der Waals surface area contributed by atoms with Gasteiger partial charge in [-0.3, -0.25) is 0 Å². The molecular weight excluding hydrogens is 491 g/mol. The highest BCUT2D eigenvalue weighted by Crippen LogP contribution is 2.35. The molecule has 1 N–H and O–H groups in total. The third-order valence-electron chi connectivity index (χ3n) is 5.78. The number of hydrogen-bond donors (Lipinski definition) is 1. The number of carbonyl (C=O) groups is 2. The molecular formula is C28H35FN4O5. The molecule has 3 heterocycles. The van der Waals surface area contributed by atoms with Gasteiger partial charge in [0.05, 0.1) is 30.6 Å². The van der Waals surface area contributed by atoms with Crippen molar-refractivity contribution in [1.29, 1.82) is 0 Å². The van der Waals surface area contributed by atoms with Crippen LogP contribution in [0.15, 0.2) is 36.5 Å². The summed E-state index contributed by atoms with van der Waals surface area (Å²) in [6.45, 7) is 13.8. The van der Waals surface area contributed by atoms with E-state index in [1.165, 1.54) is 12.1 Å². The molecule has 1 aromatic carbocycles. The van der Waals surface area contributed by atoms with Crippen LogP contribution in [0.2, 0.25) is 0 Å². The Kier molecular flexibility index (Phi) is 7.38. The molecule has 1 atom stereocenters. The minimum Gasteiger partial charge on any atom is -0.443 e. The van der Waals surface area contributed by atoms with Crippen LogP contribution in [0, 0.1) is 5.82 Å². The fourth-order valence-electron chi connectivity index (χ4n) is 4.23. The van der Waals surface area contributed by atoms with E-state index in [0.29, 0.717) is 42.4 Å². The Morgan fingerprint density at radius 3 is 2.34 bits per heavy atom. The maximum absolute atomic E-state index is 14.6. The van der Waals surface area contributed by atoms with Crippen LogP contribution in [0.5, 0.6) is 0 Å². The van der Waals surface area contributed by atoms with E-state index in [1.807, 2.05) is 17.9 Å². The number of nitrogens with zero attached hydrogens (tertiary/aromatic N) is 3. The molecule has 1 saturated heterocycles. The highest BCUT2D eigenvalue weighted by molar-refractivity contribution is 6.10. The number of amides is 2. The molecule has 204 valence electrons. The van der Waals surface area contributed by atoms with Crippen molar-refractivity contribution in [2.75, 3.05) is 29.6 Å². The summed E-state index contributed by atoms with van der Waals surface area (Å²) < 4.78 is 31.4. The van der Waals surface area contributed by atoms with Gasteiger partial charge in [0.2, 0.25) is 0 Å². The average molecular weight is 527 g/mol. The van der Waals surface area contributed by atoms with Gasteiger partial charge >= 0.3 is 12.2 Å². The lowest BCUT2D eigenvalue weighted by Gasteiger charge is -2.35. The van der Waals surface area contributed by atoms with Gasteiger partial charge in [-0.05, 0) is 72.7 Å². The van der Waals surface area contributed by atoms with E-state index < -0.39 is 29.2 Å². The summed E-state index contributed by atoms with van der Waals surface area (Å²) in [5.41, 5.74) is -0.0378. The molecule has 10 heteroatoms. The number of aromatic amines is 1. The van der Waals surface area contributed by atoms with Gasteiger partial charge in [-0.15, -0.1) is 0 Å². The zero-order valence-corrected chi connectivity index (χ0v) is 22.9. The molecule has 9 nitrogen and oxygen atoms in total. The van der Waals surface area contributed by atoms with Crippen molar-refractivity contribution in [1.82, 2.24) is 9.97 Å². The van der Waals surface area contributed by atoms with Gasteiger partial charge in [0.25, 0.3) is 0 Å². The summed E-state index contributed by atoms with van der Waals surface area (Å²) >= 11 is 0. The summed E-state index contributed by atoms with van der Waals surface area (Å²) in [5, 5.41) is 0.748. The predicted octanol–water partition coefficient (Wildman–Crippen LogP) is 6.27. The number of ether oxygens (including phenoxy) is 3. The molecule has 0 radical (unpaired) electrons. The van der Waals surface area contributed by atoms with Crippen LogP contribution in [0.4, 0.5) is 25.5 Å². The van der Waals surface area contributed by atoms with E-state index >= 15 is 0 Å². The number of imide groups is 1. The number of morpholine rings is 1. The van der Waals surface area contributed by atoms with Crippen molar-refractivity contribution in [2.45, 2.75) is 65.7 Å². The Balaban J connectivity index is 1.93. The first kappa shape index (κ1) is 27.4. The van der Waals surface area contributed by atoms with Gasteiger partial charge in [-0.2, -0.15) is 4.90 Å². The zero-order chi connectivity index (χ0) is 27.8. The summed E-state index contributed by atoms with van der Waals surface area (Å²) in [7, 11) is 0. The third-order valence-corrected chi connectivity index (χ3v) is 5.78. The van der Waals surface area contributed by atoms with Crippen molar-refractivity contribution in [3.05, 3.63) is 42.3 Å². The van der Waals surface area contributed by atoms with Gasteiger partial charge in [-0.25, -0.2) is 19.0 Å². The topological polar surface area (TPSA) is 97.0 Å². The van der Waals surface area contributed by atoms with Gasteiger partial charge in [-0.1, -0.05) is 0 Å². The van der Waals surface area contributed by atoms with Gasteiger partial charge in [0.15, 0.2) is 0 Å². The van der Waals surface area contributed by atoms with Crippen molar-refractivity contribution >= 4 is 34.6 Å². The van der Waals surface area contributed by atoms with Crippen LogP contribution in [-0.4, -0.2) is 59.2 Å². The molecule has 3 aromatic rings. The number of H-pyrrole nitrogens is 1. The van der Waals surface area contributed by atoms with E-state index in [1.54, 1.807) is 59.9 Å². The first-order chi connectivity index (χ1) is 17.7. The first-order valence-corrected chi connectivity index (χ1v) is 12.6. The van der Waals surface area contributed by atoms with Gasteiger partial charge < -0.3 is 24.1 Å². The second kappa shape index (κ2) is 10.2. The highest BCUT2D eigenvalue weighted by Gasteiger charge is 2.34. The molecule has 1 aliphatic heterocycles. The fraction of sp³-hybridized carbons (Fsp3) is 0.464. The summed E-state index contributed by atoms with van der Waals surface area (Å²) in [6, 6.07) is 7.82. The number of nitrogens with one attached hydrogen (secondary N) is 1. The number of anilines is 2. The fourth-order valence-corrected chi connectivity index (χ4v) is 4.23. The maximum Gasteiger partial charge on any atom is 0.424 e. The molecule has 38 heavy (non-hydrogen) atoms. The standard InChI is InChI=1S/C28H35FN4O5/c1-17-16-36-11-10-32(17)24-15-19(33(25(34)37-27(2,3)4)26(35)38-28(5,6)7)14-23(31-24)21-12-18(29)13-22-20(21)8-9-30-22/h8-9,12-15,17,30H,10-11,16H2,1-7H3. The Morgan fingerprint density at radius 1 is 1.08 bits per heavy atom. The van der Waals surface area contributed by atoms with Crippen LogP contribution >= 0.6 is 0 Å². The molecule has 0 bridgehead atoms. The number of rotatable bonds is 3. The first-order valence-electron chi connectivity index (χ1n) is 12.6. The predicted molar refractivity (Wildman–Crippen MR) is 144 cm³/mol. The number of benzene rings is 1. The van der Waals surface area contributed by atoms with Gasteiger partial charge in [0.1, 0.15) is 22.8 Å². The summed E-state index contributed by atoms with van der Waals surface area (Å²) in [5.74, 6) is 0.0675. The normalized spacial score (nSPS) is 16.4. The molecule has 2 amide bonds. The Morgan fingerprint density at radius 2 is 1.74 bits per heavy atom. The summed E-state index contributed by atoms with van der Waals surface area (Å²) in [6.07, 6.45) is -0.0670. The molecule has 0 aliphatic carbocycles. The quantitative estimate of drug-likeness (QED) is 0.430. The second-order valence-corrected chi connectivity index (χ2v) is 11.4. The van der Waals surface area contributed by atoms with Crippen LogP contribution in [0.25, 0.3) is 22.2 Å². The minimum atomic E-state index is -0.893. The SMILES string of the molecule is CC1COCCN1c1cc(N(C(=O)OC(C)(C)C)C(=O)OC(C)(C)C)cc(-c2cc(F)cc3[nH]ccc23)n1. The van der Waals surface area contributed by atoms with Crippen molar-refractivity contribution in [3.63, 3.8) is 0 Å². The number of aromatic nitrogens is 2. The van der Waals surface area contributed by atoms with E-state index in [2.05, 4.69) is 4.98 Å². The number of carbonyl (C=O) groups excluding carboxylic acids is 2. The summed E-state index contributed by atoms with van der Waals surface area (Å²) in [4.78, 5) is 37.6.